The predicted octanol–water partition coefficient (Wildman–Crippen LogP) is 4.41. The van der Waals surface area contributed by atoms with Crippen LogP contribution in [0, 0.1) is 5.41 Å². The zero-order valence-corrected chi connectivity index (χ0v) is 48.6. The monoisotopic (exact) mass is 1110 g/mol. The molecule has 1 unspecified atom stereocenters. The smallest absolute Gasteiger partial charge is 0.255 e. The van der Waals surface area contributed by atoms with E-state index in [1.54, 1.807) is 69.2 Å². The van der Waals surface area contributed by atoms with E-state index in [0.29, 0.717) is 17.9 Å². The molecule has 2 aliphatic heterocycles. The molecule has 2 heterocycles. The average Bonchev–Trinajstić information content (AvgIpc) is 4.09. The number of nitrogens with zero attached hydrogens (tertiary/aromatic N) is 2. The number of rotatable bonds is 18. The Morgan fingerprint density at radius 2 is 1.15 bits per heavy atom. The number of likely N-dealkylation sites (tertiary alicyclic amines) is 1. The fourth-order valence-electron chi connectivity index (χ4n) is 11.6. The van der Waals surface area contributed by atoms with Crippen molar-refractivity contribution in [2.24, 2.45) is 5.41 Å². The molecule has 8 amide bonds. The molecule has 0 bridgehead atoms. The molecule has 0 aromatic heterocycles. The molecule has 0 radical (unpaired) electrons. The molecule has 4 aliphatic rings. The topological polar surface area (TPSA) is 239 Å². The first-order valence-corrected chi connectivity index (χ1v) is 31.1. The lowest BCUT2D eigenvalue weighted by molar-refractivity contribution is -0.144. The average molecular weight is 1110 g/mol. The van der Waals surface area contributed by atoms with Crippen LogP contribution in [0.1, 0.15) is 127 Å². The maximum Gasteiger partial charge on any atom is 0.255 e. The molecule has 0 spiro atoms. The first kappa shape index (κ1) is 58.9. The molecule has 426 valence electrons. The quantitative estimate of drug-likeness (QED) is 0.0654. The molecule has 0 saturated carbocycles. The summed E-state index contributed by atoms with van der Waals surface area (Å²) in [6, 6.07) is 24.4. The van der Waals surface area contributed by atoms with Crippen LogP contribution in [0.15, 0.2) is 97.1 Å². The highest BCUT2D eigenvalue weighted by molar-refractivity contribution is 6.59. The number of hydrogen-bond acceptors (Lipinski definition) is 10. The van der Waals surface area contributed by atoms with Gasteiger partial charge < -0.3 is 52.3 Å². The molecule has 10 atom stereocenters. The molecule has 4 aromatic rings. The zero-order valence-electron chi connectivity index (χ0n) is 47.4. The van der Waals surface area contributed by atoms with E-state index in [-0.39, 0.29) is 72.1 Å². The number of hydrogen-bond donors (Lipinski definition) is 8. The van der Waals surface area contributed by atoms with Gasteiger partial charge in [-0.2, -0.15) is 0 Å². The summed E-state index contributed by atoms with van der Waals surface area (Å²) in [7, 11) is 1.87. The van der Waals surface area contributed by atoms with Gasteiger partial charge in [-0.05, 0) is 149 Å². The molecule has 4 aromatic carbocycles. The van der Waals surface area contributed by atoms with Gasteiger partial charge in [0.05, 0.1) is 33.0 Å². The van der Waals surface area contributed by atoms with E-state index in [4.69, 9.17) is 0 Å². The van der Waals surface area contributed by atoms with Crippen LogP contribution in [0.4, 0.5) is 5.69 Å². The van der Waals surface area contributed by atoms with Crippen molar-refractivity contribution in [3.63, 3.8) is 0 Å². The minimum atomic E-state index is -1.46. The second-order valence-electron chi connectivity index (χ2n) is 23.4. The molecule has 2 saturated heterocycles. The molecule has 80 heavy (non-hydrogen) atoms. The normalized spacial score (nSPS) is 22.1. The molecular formula is C61H80N10O8Si. The summed E-state index contributed by atoms with van der Waals surface area (Å²) in [5.74, 6) is -2.81. The second kappa shape index (κ2) is 25.9. The largest absolute Gasteiger partial charge is 0.348 e. The number of likely N-dealkylation sites (N-methyl/N-ethyl adjacent to an activating group) is 2. The summed E-state index contributed by atoms with van der Waals surface area (Å²) in [4.78, 5) is 115. The molecular weight excluding hydrogens is 1030 g/mol. The first-order chi connectivity index (χ1) is 38.2. The van der Waals surface area contributed by atoms with Gasteiger partial charge in [0.1, 0.15) is 24.2 Å². The molecule has 18 nitrogen and oxygen atoms in total. The van der Waals surface area contributed by atoms with E-state index in [1.807, 2.05) is 51.1 Å². The summed E-state index contributed by atoms with van der Waals surface area (Å²) in [5, 5.41) is 24.1. The van der Waals surface area contributed by atoms with Crippen molar-refractivity contribution >= 4 is 61.7 Å². The van der Waals surface area contributed by atoms with E-state index < -0.39 is 74.2 Å². The Hall–Kier alpha value is -7.22. The minimum Gasteiger partial charge on any atom is -0.348 e. The maximum absolute atomic E-state index is 14.6. The Morgan fingerprint density at radius 3 is 1.70 bits per heavy atom. The fraction of sp³-hybridized carbons (Fsp3) is 0.475. The second-order valence-corrected chi connectivity index (χ2v) is 26.4. The van der Waals surface area contributed by atoms with Crippen LogP contribution in [0.3, 0.4) is 0 Å². The SMILES string of the molecule is CN[C@@H](C)C(=O)N[C@@H](Cc1ccc(NC(=O)c2ccc(C(=O)N[C@H]3C[C@@H](C(=O)N[C@@H]4CCCc5ccccc54)N(C(=O)[C@@H](NC(=O)[C@H](C)NC)C(C)(C)C)C3)cc2)cc1)C(=O)N1C[SiH](C)C[C@H]1C(=O)N[C@@H]1CCCc2ccccc21. The van der Waals surface area contributed by atoms with Gasteiger partial charge in [0.15, 0.2) is 0 Å². The van der Waals surface area contributed by atoms with Crippen LogP contribution in [-0.2, 0) is 48.0 Å². The molecule has 2 aliphatic carbocycles. The van der Waals surface area contributed by atoms with Crippen LogP contribution in [0.25, 0.3) is 0 Å². The molecule has 19 heteroatoms. The third-order valence-electron chi connectivity index (χ3n) is 16.4. The highest BCUT2D eigenvalue weighted by Crippen LogP contribution is 2.33. The van der Waals surface area contributed by atoms with E-state index in [1.165, 1.54) is 28.2 Å². The van der Waals surface area contributed by atoms with E-state index in [9.17, 15) is 38.4 Å². The highest BCUT2D eigenvalue weighted by Gasteiger charge is 2.47. The number of carbonyl (C=O) groups excluding carboxylic acids is 8. The summed E-state index contributed by atoms with van der Waals surface area (Å²) >= 11 is 0. The van der Waals surface area contributed by atoms with E-state index in [0.717, 1.165) is 55.2 Å². The van der Waals surface area contributed by atoms with Gasteiger partial charge in [0.25, 0.3) is 11.8 Å². The van der Waals surface area contributed by atoms with E-state index >= 15 is 0 Å². The Bertz CT molecular complexity index is 2930. The van der Waals surface area contributed by atoms with Crippen molar-refractivity contribution in [2.75, 3.05) is 32.1 Å². The van der Waals surface area contributed by atoms with Crippen LogP contribution in [0.2, 0.25) is 12.6 Å². The third-order valence-corrected chi connectivity index (χ3v) is 18.7. The Morgan fingerprint density at radius 1 is 0.625 bits per heavy atom. The third kappa shape index (κ3) is 14.0. The molecule has 8 N–H and O–H groups in total. The van der Waals surface area contributed by atoms with Crippen LogP contribution in [0.5, 0.6) is 0 Å². The number of anilines is 1. The standard InChI is InChI=1S/C61H80N10O8Si/c1-36(62-6)53(72)68-49(59(78)71-35-80(8)34-51(71)58(77)67-48-22-14-18-40-16-10-12-20-46(40)48)31-38-23-29-43(30-24-38)64-55(74)41-25-27-42(28-26-41)56(75)65-44-32-50(57(76)66-47-21-13-17-39-15-9-11-19-45(39)47)70(33-44)60(79)52(61(3,4)5)69-54(73)37(2)63-7/h9-12,15-16,19-20,23-30,36-37,44,47-52,62-63,80H,13-14,17-18,21-22,31-35H2,1-8H3,(H,64,74)(H,65,75)(H,66,76)(H,67,77)(H,68,72)(H,69,73)/t36-,37-,44-,47+,48+,49-,50-,51-,52+,80?/m0/s1. The number of nitrogens with one attached hydrogen (secondary N) is 8. The summed E-state index contributed by atoms with van der Waals surface area (Å²) in [5.41, 5.74) is 5.62. The van der Waals surface area contributed by atoms with Crippen molar-refractivity contribution in [1.29, 1.82) is 0 Å². The maximum atomic E-state index is 14.6. The Labute approximate surface area is 471 Å². The van der Waals surface area contributed by atoms with Crippen molar-refractivity contribution in [2.45, 2.75) is 153 Å². The van der Waals surface area contributed by atoms with Crippen molar-refractivity contribution in [3.05, 3.63) is 136 Å². The Kier molecular flexibility index (Phi) is 19.1. The number of fused-ring (bicyclic) bond motifs is 2. The summed E-state index contributed by atoms with van der Waals surface area (Å²) in [6.07, 6.45) is 6.13. The van der Waals surface area contributed by atoms with Crippen molar-refractivity contribution < 1.29 is 38.4 Å². The van der Waals surface area contributed by atoms with E-state index in [2.05, 4.69) is 67.3 Å². The van der Waals surface area contributed by atoms with Gasteiger partial charge in [-0.15, -0.1) is 0 Å². The molecule has 8 rings (SSSR count). The van der Waals surface area contributed by atoms with Gasteiger partial charge in [-0.1, -0.05) is 88.0 Å². The van der Waals surface area contributed by atoms with Crippen molar-refractivity contribution in [1.82, 2.24) is 47.0 Å². The van der Waals surface area contributed by atoms with Gasteiger partial charge in [-0.25, -0.2) is 0 Å². The lowest BCUT2D eigenvalue weighted by Crippen LogP contribution is -2.59. The first-order valence-electron chi connectivity index (χ1n) is 28.4. The minimum absolute atomic E-state index is 0.0309. The number of benzene rings is 4. The van der Waals surface area contributed by atoms with Crippen LogP contribution < -0.4 is 42.5 Å². The lowest BCUT2D eigenvalue weighted by Gasteiger charge is -2.36. The fourth-order valence-corrected chi connectivity index (χ4v) is 14.0. The number of aryl methyl sites for hydroxylation is 2. The number of carbonyl (C=O) groups is 8. The van der Waals surface area contributed by atoms with Gasteiger partial charge >= 0.3 is 0 Å². The van der Waals surface area contributed by atoms with Gasteiger partial charge in [0, 0.05) is 42.0 Å². The van der Waals surface area contributed by atoms with Gasteiger partial charge in [-0.3, -0.25) is 38.4 Å². The zero-order chi connectivity index (χ0) is 57.4. The van der Waals surface area contributed by atoms with Crippen molar-refractivity contribution in [3.8, 4) is 0 Å². The van der Waals surface area contributed by atoms with Crippen LogP contribution in [-0.4, -0.2) is 135 Å². The summed E-state index contributed by atoms with van der Waals surface area (Å²) in [6.45, 7) is 11.2. The molecule has 2 fully saturated rings. The van der Waals surface area contributed by atoms with Gasteiger partial charge in [0.2, 0.25) is 35.4 Å². The Balaban J connectivity index is 0.908. The number of amides is 8. The predicted molar refractivity (Wildman–Crippen MR) is 310 cm³/mol. The van der Waals surface area contributed by atoms with Crippen LogP contribution >= 0.6 is 0 Å². The summed E-state index contributed by atoms with van der Waals surface area (Å²) < 4.78 is 0. The lowest BCUT2D eigenvalue weighted by atomic mass is 9.85. The highest BCUT2D eigenvalue weighted by atomic mass is 28.3.